The van der Waals surface area contributed by atoms with Gasteiger partial charge in [0, 0.05) is 6.17 Å². The van der Waals surface area contributed by atoms with Crippen LogP contribution in [-0.2, 0) is 4.12 Å². The van der Waals surface area contributed by atoms with Gasteiger partial charge >= 0.3 is 0 Å². The molecule has 0 atom stereocenters. The lowest BCUT2D eigenvalue weighted by molar-refractivity contribution is 0.593. The predicted molar refractivity (Wildman–Crippen MR) is 61.5 cm³/mol. The molecule has 2 nitrogen and oxygen atoms in total. The van der Waals surface area contributed by atoms with Crippen LogP contribution in [0.1, 0.15) is 0 Å². The molecule has 0 aromatic heterocycles. The van der Waals surface area contributed by atoms with Crippen molar-refractivity contribution in [3.8, 4) is 0 Å². The fourth-order valence-electron chi connectivity index (χ4n) is 0.554. The molecular weight excluding hydrogens is 198 g/mol. The molecular formula is C7H21NOSi3. The molecule has 0 aliphatic heterocycles. The van der Waals surface area contributed by atoms with Crippen molar-refractivity contribution in [3.05, 3.63) is 0 Å². The quantitative estimate of drug-likeness (QED) is 0.563. The van der Waals surface area contributed by atoms with Crippen LogP contribution in [0.2, 0.25) is 39.3 Å². The fraction of sp³-hybridized carbons (Fsp3) is 1.00. The summed E-state index contributed by atoms with van der Waals surface area (Å²) in [4.78, 5) is 3.54. The van der Waals surface area contributed by atoms with Crippen molar-refractivity contribution in [2.45, 2.75) is 39.3 Å². The number of hydrogen-bond donors (Lipinski definition) is 1. The minimum Gasteiger partial charge on any atom is -0.456 e. The van der Waals surface area contributed by atoms with Crippen molar-refractivity contribution in [1.29, 1.82) is 0 Å². The lowest BCUT2D eigenvalue weighted by atomic mass is 11.5. The summed E-state index contributed by atoms with van der Waals surface area (Å²) in [5.41, 5.74) is 0. The summed E-state index contributed by atoms with van der Waals surface area (Å²) in [6.45, 7) is 13.6. The molecule has 0 bridgehead atoms. The van der Waals surface area contributed by atoms with Crippen molar-refractivity contribution in [1.82, 2.24) is 4.98 Å². The first-order valence-electron chi connectivity index (χ1n) is 4.37. The summed E-state index contributed by atoms with van der Waals surface area (Å²) < 4.78 is 5.75. The molecule has 12 heavy (non-hydrogen) atoms. The minimum absolute atomic E-state index is 0.643. The Morgan fingerprint density at radius 3 is 1.92 bits per heavy atom. The van der Waals surface area contributed by atoms with Crippen molar-refractivity contribution < 1.29 is 4.12 Å². The Morgan fingerprint density at radius 1 is 1.08 bits per heavy atom. The van der Waals surface area contributed by atoms with Gasteiger partial charge in [-0.15, -0.1) is 0 Å². The molecule has 0 aliphatic carbocycles. The van der Waals surface area contributed by atoms with Crippen LogP contribution >= 0.6 is 0 Å². The summed E-state index contributed by atoms with van der Waals surface area (Å²) in [5.74, 6) is 0. The lowest BCUT2D eigenvalue weighted by Gasteiger charge is -2.20. The molecule has 72 valence electrons. The van der Waals surface area contributed by atoms with Crippen LogP contribution in [0.25, 0.3) is 0 Å². The largest absolute Gasteiger partial charge is 0.456 e. The number of rotatable bonds is 5. The fourth-order valence-corrected chi connectivity index (χ4v) is 4.98. The van der Waals surface area contributed by atoms with E-state index in [1.54, 1.807) is 0 Å². The van der Waals surface area contributed by atoms with Gasteiger partial charge in [0.2, 0.25) is 9.76 Å². The summed E-state index contributed by atoms with van der Waals surface area (Å²) in [6, 6.07) is 0. The Morgan fingerprint density at radius 2 is 1.58 bits per heavy atom. The van der Waals surface area contributed by atoms with Crippen molar-refractivity contribution in [3.63, 3.8) is 0 Å². The smallest absolute Gasteiger partial charge is 0.230 e. The minimum atomic E-state index is -1.27. The van der Waals surface area contributed by atoms with Gasteiger partial charge in [-0.1, -0.05) is 19.6 Å². The molecule has 0 saturated carbocycles. The Balaban J connectivity index is 3.35. The predicted octanol–water partition coefficient (Wildman–Crippen LogP) is 1.84. The van der Waals surface area contributed by atoms with Crippen LogP contribution in [0.5, 0.6) is 0 Å². The van der Waals surface area contributed by atoms with E-state index in [0.29, 0.717) is 9.76 Å². The van der Waals surface area contributed by atoms with Crippen LogP contribution in [0.15, 0.2) is 0 Å². The molecule has 0 aromatic carbocycles. The first-order valence-corrected chi connectivity index (χ1v) is 12.4. The summed E-state index contributed by atoms with van der Waals surface area (Å²) in [5, 5.41) is 0. The molecule has 0 heterocycles. The van der Waals surface area contributed by atoms with Crippen LogP contribution in [0, 0.1) is 0 Å². The average Bonchev–Trinajstić information content (AvgIpc) is 1.76. The Kier molecular flexibility index (Phi) is 4.93. The summed E-state index contributed by atoms with van der Waals surface area (Å²) in [7, 11) is -1.68. The van der Waals surface area contributed by atoms with E-state index in [1.165, 1.54) is 0 Å². The van der Waals surface area contributed by atoms with E-state index in [2.05, 4.69) is 44.3 Å². The summed E-state index contributed by atoms with van der Waals surface area (Å²) in [6.07, 6.45) is 1.04. The van der Waals surface area contributed by atoms with E-state index in [1.807, 2.05) is 0 Å². The third-order valence-electron chi connectivity index (χ3n) is 1.07. The highest BCUT2D eigenvalue weighted by atomic mass is 28.4. The van der Waals surface area contributed by atoms with Crippen molar-refractivity contribution >= 4 is 26.3 Å². The van der Waals surface area contributed by atoms with E-state index < -0.39 is 16.6 Å². The highest BCUT2D eigenvalue weighted by Gasteiger charge is 2.15. The van der Waals surface area contributed by atoms with E-state index in [0.717, 1.165) is 6.17 Å². The SMILES string of the molecule is C[Si](C)(C)NC[Si]O[Si](C)(C)C. The van der Waals surface area contributed by atoms with E-state index in [-0.39, 0.29) is 0 Å². The maximum Gasteiger partial charge on any atom is 0.230 e. The van der Waals surface area contributed by atoms with Gasteiger partial charge in [0.1, 0.15) is 8.24 Å². The zero-order valence-corrected chi connectivity index (χ0v) is 12.1. The number of hydrogen-bond acceptors (Lipinski definition) is 2. The van der Waals surface area contributed by atoms with E-state index in [4.69, 9.17) is 4.12 Å². The van der Waals surface area contributed by atoms with Gasteiger partial charge < -0.3 is 9.10 Å². The standard InChI is InChI=1S/C7H21NOSi3/c1-11(2,3)8-7-10-9-12(4,5)6/h8H,7H2,1-6H3. The molecule has 0 fully saturated rings. The molecule has 1 N–H and O–H groups in total. The second-order valence-corrected chi connectivity index (χ2v) is 15.5. The molecule has 0 aromatic rings. The van der Waals surface area contributed by atoms with E-state index in [9.17, 15) is 0 Å². The Hall–Kier alpha value is 0.571. The topological polar surface area (TPSA) is 21.3 Å². The molecule has 5 heteroatoms. The van der Waals surface area contributed by atoms with Gasteiger partial charge in [0.25, 0.3) is 0 Å². The van der Waals surface area contributed by atoms with E-state index >= 15 is 0 Å². The monoisotopic (exact) mass is 219 g/mol. The maximum absolute atomic E-state index is 5.75. The average molecular weight is 220 g/mol. The summed E-state index contributed by atoms with van der Waals surface area (Å²) >= 11 is 0. The number of nitrogens with one attached hydrogen (secondary N) is 1. The zero-order chi connectivity index (χ0) is 9.83. The van der Waals surface area contributed by atoms with Crippen LogP contribution < -0.4 is 4.98 Å². The van der Waals surface area contributed by atoms with Crippen molar-refractivity contribution in [2.24, 2.45) is 0 Å². The van der Waals surface area contributed by atoms with Gasteiger partial charge in [0.05, 0.1) is 0 Å². The maximum atomic E-state index is 5.75. The first-order chi connectivity index (χ1) is 5.21. The molecule has 0 rings (SSSR count). The third-order valence-corrected chi connectivity index (χ3v) is 6.01. The molecule has 2 radical (unpaired) electrons. The third kappa shape index (κ3) is 10.6. The van der Waals surface area contributed by atoms with Gasteiger partial charge in [-0.05, 0) is 19.6 Å². The molecule has 0 saturated heterocycles. The second kappa shape index (κ2) is 4.71. The van der Waals surface area contributed by atoms with Gasteiger partial charge in [-0.25, -0.2) is 0 Å². The second-order valence-electron chi connectivity index (χ2n) is 4.96. The Bertz CT molecular complexity index is 112. The molecule has 0 unspecified atom stereocenters. The molecule has 0 amide bonds. The van der Waals surface area contributed by atoms with Crippen LogP contribution in [0.3, 0.4) is 0 Å². The highest BCUT2D eigenvalue weighted by Crippen LogP contribution is 2.00. The van der Waals surface area contributed by atoms with Crippen LogP contribution in [0.4, 0.5) is 0 Å². The van der Waals surface area contributed by atoms with Gasteiger partial charge in [-0.2, -0.15) is 0 Å². The lowest BCUT2D eigenvalue weighted by Crippen LogP contribution is -2.45. The highest BCUT2D eigenvalue weighted by molar-refractivity contribution is 6.75. The normalized spacial score (nSPS) is 13.5. The Labute approximate surface area is 81.3 Å². The molecule has 0 aliphatic rings. The first kappa shape index (κ1) is 12.6. The van der Waals surface area contributed by atoms with Crippen LogP contribution in [-0.4, -0.2) is 32.5 Å². The van der Waals surface area contributed by atoms with Gasteiger partial charge in [0.15, 0.2) is 8.32 Å². The zero-order valence-electron chi connectivity index (χ0n) is 9.12. The molecule has 0 spiro atoms. The van der Waals surface area contributed by atoms with Gasteiger partial charge in [-0.3, -0.25) is 0 Å². The van der Waals surface area contributed by atoms with Crippen molar-refractivity contribution in [2.75, 3.05) is 6.17 Å².